The Kier molecular flexibility index (Phi) is 5.42. The zero-order chi connectivity index (χ0) is 12.8. The number of nitrogens with zero attached hydrogens (tertiary/aromatic N) is 2. The second kappa shape index (κ2) is 6.60. The van der Waals surface area contributed by atoms with E-state index in [1.165, 1.54) is 11.3 Å². The molecule has 0 amide bonds. The van der Waals surface area contributed by atoms with Gasteiger partial charge in [-0.25, -0.2) is 4.98 Å². The van der Waals surface area contributed by atoms with Gasteiger partial charge in [0.05, 0.1) is 0 Å². The summed E-state index contributed by atoms with van der Waals surface area (Å²) in [5.74, 6) is 1.56. The maximum Gasteiger partial charge on any atom is 0.128 e. The monoisotopic (exact) mass is 235 g/mol. The number of rotatable bonds is 6. The summed E-state index contributed by atoms with van der Waals surface area (Å²) in [4.78, 5) is 6.96. The molecule has 1 rings (SSSR count). The fourth-order valence-electron chi connectivity index (χ4n) is 1.84. The number of nitrogens with one attached hydrogen (secondary N) is 1. The molecule has 0 aromatic carbocycles. The van der Waals surface area contributed by atoms with Crippen LogP contribution < -0.4 is 10.2 Å². The molecule has 0 aliphatic rings. The van der Waals surface area contributed by atoms with Crippen molar-refractivity contribution in [2.75, 3.05) is 25.5 Å². The smallest absolute Gasteiger partial charge is 0.128 e. The summed E-state index contributed by atoms with van der Waals surface area (Å²) in [6.07, 6.45) is 1.14. The van der Waals surface area contributed by atoms with E-state index in [2.05, 4.69) is 50.2 Å². The van der Waals surface area contributed by atoms with Crippen LogP contribution in [0.5, 0.6) is 0 Å². The molecule has 1 N–H and O–H groups in total. The van der Waals surface area contributed by atoms with E-state index in [0.717, 1.165) is 25.3 Å². The Morgan fingerprint density at radius 3 is 2.59 bits per heavy atom. The van der Waals surface area contributed by atoms with Gasteiger partial charge in [-0.15, -0.1) is 0 Å². The van der Waals surface area contributed by atoms with Crippen LogP contribution in [0.25, 0.3) is 0 Å². The van der Waals surface area contributed by atoms with Gasteiger partial charge in [-0.3, -0.25) is 0 Å². The average Bonchev–Trinajstić information content (AvgIpc) is 2.29. The third kappa shape index (κ3) is 4.00. The predicted molar refractivity (Wildman–Crippen MR) is 74.7 cm³/mol. The largest absolute Gasteiger partial charge is 0.360 e. The quantitative estimate of drug-likeness (QED) is 0.822. The minimum Gasteiger partial charge on any atom is -0.360 e. The molecule has 1 aromatic rings. The number of aromatic nitrogens is 1. The number of hydrogen-bond donors (Lipinski definition) is 1. The van der Waals surface area contributed by atoms with E-state index in [4.69, 9.17) is 4.98 Å². The Labute approximate surface area is 105 Å². The first kappa shape index (κ1) is 14.0. The van der Waals surface area contributed by atoms with Gasteiger partial charge in [0.2, 0.25) is 0 Å². The topological polar surface area (TPSA) is 28.2 Å². The second-order valence-corrected chi connectivity index (χ2v) is 4.87. The molecule has 0 aliphatic heterocycles. The van der Waals surface area contributed by atoms with Crippen molar-refractivity contribution in [1.82, 2.24) is 10.3 Å². The lowest BCUT2D eigenvalue weighted by atomic mass is 10.1. The van der Waals surface area contributed by atoms with E-state index in [9.17, 15) is 0 Å². The van der Waals surface area contributed by atoms with Gasteiger partial charge < -0.3 is 10.2 Å². The summed E-state index contributed by atoms with van der Waals surface area (Å²) < 4.78 is 0. The molecule has 96 valence electrons. The van der Waals surface area contributed by atoms with Crippen molar-refractivity contribution in [2.45, 2.75) is 39.7 Å². The van der Waals surface area contributed by atoms with Gasteiger partial charge in [0.1, 0.15) is 5.82 Å². The molecule has 0 spiro atoms. The fourth-order valence-corrected chi connectivity index (χ4v) is 1.84. The van der Waals surface area contributed by atoms with Crippen LogP contribution in [0.2, 0.25) is 0 Å². The molecule has 0 aliphatic carbocycles. The molecule has 0 bridgehead atoms. The van der Waals surface area contributed by atoms with Crippen LogP contribution in [0.4, 0.5) is 5.82 Å². The molecule has 1 aromatic heterocycles. The highest BCUT2D eigenvalue weighted by molar-refractivity contribution is 5.42. The van der Waals surface area contributed by atoms with Crippen LogP contribution >= 0.6 is 0 Å². The van der Waals surface area contributed by atoms with Crippen LogP contribution in [0.3, 0.4) is 0 Å². The van der Waals surface area contributed by atoms with Crippen LogP contribution in [0, 0.1) is 0 Å². The van der Waals surface area contributed by atoms with Gasteiger partial charge in [-0.1, -0.05) is 20.8 Å². The van der Waals surface area contributed by atoms with Gasteiger partial charge in [-0.05, 0) is 37.1 Å². The van der Waals surface area contributed by atoms with Crippen molar-refractivity contribution in [3.8, 4) is 0 Å². The maximum atomic E-state index is 4.73. The van der Waals surface area contributed by atoms with Crippen LogP contribution in [0.1, 0.15) is 44.4 Å². The Bertz CT molecular complexity index is 347. The summed E-state index contributed by atoms with van der Waals surface area (Å²) in [5, 5.41) is 3.20. The minimum atomic E-state index is 0.473. The SMILES string of the molecule is CCCN(C)c1cc(CNC)cc(C(C)C)n1. The first-order chi connectivity index (χ1) is 8.08. The number of pyridine rings is 1. The van der Waals surface area contributed by atoms with Gasteiger partial charge in [-0.2, -0.15) is 0 Å². The molecule has 17 heavy (non-hydrogen) atoms. The molecular formula is C14H25N3. The highest BCUT2D eigenvalue weighted by Crippen LogP contribution is 2.19. The Morgan fingerprint density at radius 1 is 1.35 bits per heavy atom. The van der Waals surface area contributed by atoms with Crippen molar-refractivity contribution in [1.29, 1.82) is 0 Å². The lowest BCUT2D eigenvalue weighted by Gasteiger charge is -2.20. The summed E-state index contributed by atoms with van der Waals surface area (Å²) >= 11 is 0. The summed E-state index contributed by atoms with van der Waals surface area (Å²) in [6.45, 7) is 8.52. The molecule has 0 radical (unpaired) electrons. The maximum absolute atomic E-state index is 4.73. The summed E-state index contributed by atoms with van der Waals surface area (Å²) in [5.41, 5.74) is 2.49. The molecule has 0 fully saturated rings. The van der Waals surface area contributed by atoms with Crippen molar-refractivity contribution >= 4 is 5.82 Å². The van der Waals surface area contributed by atoms with E-state index in [-0.39, 0.29) is 0 Å². The zero-order valence-corrected chi connectivity index (χ0v) is 11.7. The second-order valence-electron chi connectivity index (χ2n) is 4.87. The molecular weight excluding hydrogens is 210 g/mol. The third-order valence-electron chi connectivity index (χ3n) is 2.81. The van der Waals surface area contributed by atoms with E-state index in [1.807, 2.05) is 7.05 Å². The van der Waals surface area contributed by atoms with Crippen LogP contribution in [-0.4, -0.2) is 25.6 Å². The van der Waals surface area contributed by atoms with Gasteiger partial charge >= 0.3 is 0 Å². The average molecular weight is 235 g/mol. The van der Waals surface area contributed by atoms with E-state index in [1.54, 1.807) is 0 Å². The Balaban J connectivity index is 3.02. The molecule has 3 heteroatoms. The van der Waals surface area contributed by atoms with Gasteiger partial charge in [0.15, 0.2) is 0 Å². The Hall–Kier alpha value is -1.09. The van der Waals surface area contributed by atoms with Crippen molar-refractivity contribution < 1.29 is 0 Å². The summed E-state index contributed by atoms with van der Waals surface area (Å²) in [7, 11) is 4.09. The molecule has 0 saturated carbocycles. The van der Waals surface area contributed by atoms with Gasteiger partial charge in [0, 0.05) is 25.8 Å². The molecule has 3 nitrogen and oxygen atoms in total. The Morgan fingerprint density at radius 2 is 2.06 bits per heavy atom. The lowest BCUT2D eigenvalue weighted by Crippen LogP contribution is -2.20. The molecule has 1 heterocycles. The van der Waals surface area contributed by atoms with E-state index in [0.29, 0.717) is 5.92 Å². The highest BCUT2D eigenvalue weighted by atomic mass is 15.2. The molecule has 0 atom stereocenters. The minimum absolute atomic E-state index is 0.473. The lowest BCUT2D eigenvalue weighted by molar-refractivity contribution is 0.772. The van der Waals surface area contributed by atoms with Crippen molar-refractivity contribution in [2.24, 2.45) is 0 Å². The van der Waals surface area contributed by atoms with E-state index >= 15 is 0 Å². The third-order valence-corrected chi connectivity index (χ3v) is 2.81. The fraction of sp³-hybridized carbons (Fsp3) is 0.643. The zero-order valence-electron chi connectivity index (χ0n) is 11.7. The first-order valence-corrected chi connectivity index (χ1v) is 6.45. The predicted octanol–water partition coefficient (Wildman–Crippen LogP) is 2.77. The van der Waals surface area contributed by atoms with Crippen molar-refractivity contribution in [3.63, 3.8) is 0 Å². The first-order valence-electron chi connectivity index (χ1n) is 6.45. The van der Waals surface area contributed by atoms with Gasteiger partial charge in [0.25, 0.3) is 0 Å². The number of hydrogen-bond acceptors (Lipinski definition) is 3. The molecule has 0 saturated heterocycles. The van der Waals surface area contributed by atoms with E-state index < -0.39 is 0 Å². The van der Waals surface area contributed by atoms with Crippen LogP contribution in [0.15, 0.2) is 12.1 Å². The normalized spacial score (nSPS) is 10.9. The standard InChI is InChI=1S/C14H25N3/c1-6-7-17(5)14-9-12(10-15-4)8-13(16-14)11(2)3/h8-9,11,15H,6-7,10H2,1-5H3. The highest BCUT2D eigenvalue weighted by Gasteiger charge is 2.08. The summed E-state index contributed by atoms with van der Waals surface area (Å²) in [6, 6.07) is 4.38. The number of anilines is 1. The molecule has 0 unspecified atom stereocenters. The van der Waals surface area contributed by atoms with Crippen molar-refractivity contribution in [3.05, 3.63) is 23.4 Å². The van der Waals surface area contributed by atoms with Crippen LogP contribution in [-0.2, 0) is 6.54 Å².